The van der Waals surface area contributed by atoms with Crippen molar-refractivity contribution in [1.29, 1.82) is 0 Å². The quantitative estimate of drug-likeness (QED) is 0.793. The molecule has 1 aromatic rings. The molecule has 1 aromatic carbocycles. The van der Waals surface area contributed by atoms with E-state index in [1.807, 2.05) is 6.07 Å². The van der Waals surface area contributed by atoms with Crippen LogP contribution >= 0.6 is 0 Å². The van der Waals surface area contributed by atoms with E-state index in [0.717, 1.165) is 0 Å². The molecule has 16 heavy (non-hydrogen) atoms. The van der Waals surface area contributed by atoms with Gasteiger partial charge in [-0.25, -0.2) is 0 Å². The zero-order valence-corrected chi connectivity index (χ0v) is 8.72. The second kappa shape index (κ2) is 6.40. The van der Waals surface area contributed by atoms with Crippen LogP contribution in [0.1, 0.15) is 23.2 Å². The van der Waals surface area contributed by atoms with Crippen LogP contribution in [0.15, 0.2) is 42.6 Å². The summed E-state index contributed by atoms with van der Waals surface area (Å²) in [7, 11) is 0. The maximum atomic E-state index is 11.5. The van der Waals surface area contributed by atoms with E-state index >= 15 is 0 Å². The fraction of sp³-hybridized carbons (Fsp3) is 0.167. The Kier molecular flexibility index (Phi) is 4.79. The topological polar surface area (TPSA) is 66.4 Å². The predicted molar refractivity (Wildman–Crippen MR) is 59.9 cm³/mol. The lowest BCUT2D eigenvalue weighted by atomic mass is 10.2. The summed E-state index contributed by atoms with van der Waals surface area (Å²) >= 11 is 0. The largest absolute Gasteiger partial charge is 0.481 e. The number of rotatable bonds is 5. The molecule has 84 valence electrons. The molecule has 1 amide bonds. The third-order valence-corrected chi connectivity index (χ3v) is 1.89. The van der Waals surface area contributed by atoms with Crippen LogP contribution < -0.4 is 5.32 Å². The summed E-state index contributed by atoms with van der Waals surface area (Å²) in [6, 6.07) is 8.81. The number of carbonyl (C=O) groups excluding carboxylic acids is 1. The van der Waals surface area contributed by atoms with Gasteiger partial charge in [0.25, 0.3) is 5.91 Å². The van der Waals surface area contributed by atoms with Gasteiger partial charge in [-0.1, -0.05) is 24.3 Å². The maximum absolute atomic E-state index is 11.5. The molecule has 0 unspecified atom stereocenters. The molecule has 0 aliphatic rings. The first-order valence-electron chi connectivity index (χ1n) is 4.93. The third-order valence-electron chi connectivity index (χ3n) is 1.89. The second-order valence-corrected chi connectivity index (χ2v) is 3.17. The number of hydrogen-bond acceptors (Lipinski definition) is 2. The van der Waals surface area contributed by atoms with Crippen molar-refractivity contribution in [2.75, 3.05) is 0 Å². The van der Waals surface area contributed by atoms with E-state index in [4.69, 9.17) is 5.11 Å². The zero-order valence-electron chi connectivity index (χ0n) is 8.72. The Hall–Kier alpha value is -2.10. The molecular formula is C12H13NO3. The van der Waals surface area contributed by atoms with Gasteiger partial charge in [-0.3, -0.25) is 9.59 Å². The summed E-state index contributed by atoms with van der Waals surface area (Å²) < 4.78 is 0. The van der Waals surface area contributed by atoms with Crippen LogP contribution in [-0.2, 0) is 4.79 Å². The van der Waals surface area contributed by atoms with Crippen LogP contribution in [0.3, 0.4) is 0 Å². The van der Waals surface area contributed by atoms with Crippen molar-refractivity contribution in [2.45, 2.75) is 12.8 Å². The molecule has 0 heterocycles. The molecule has 0 saturated heterocycles. The van der Waals surface area contributed by atoms with Gasteiger partial charge in [-0.2, -0.15) is 0 Å². The molecule has 0 radical (unpaired) electrons. The number of aliphatic carboxylic acids is 1. The van der Waals surface area contributed by atoms with Gasteiger partial charge in [0.05, 0.1) is 0 Å². The first kappa shape index (κ1) is 12.0. The minimum Gasteiger partial charge on any atom is -0.481 e. The molecule has 1 rings (SSSR count). The van der Waals surface area contributed by atoms with Crippen molar-refractivity contribution < 1.29 is 14.7 Å². The molecule has 0 bridgehead atoms. The van der Waals surface area contributed by atoms with Gasteiger partial charge >= 0.3 is 5.97 Å². The Morgan fingerprint density at radius 3 is 2.56 bits per heavy atom. The fourth-order valence-electron chi connectivity index (χ4n) is 1.10. The third kappa shape index (κ3) is 4.41. The van der Waals surface area contributed by atoms with Crippen LogP contribution in [0.4, 0.5) is 0 Å². The number of carbonyl (C=O) groups is 2. The predicted octanol–water partition coefficient (Wildman–Crippen LogP) is 1.79. The monoisotopic (exact) mass is 219 g/mol. The number of carboxylic acids is 1. The molecule has 0 atom stereocenters. The van der Waals surface area contributed by atoms with Gasteiger partial charge in [0.1, 0.15) is 0 Å². The first-order valence-corrected chi connectivity index (χ1v) is 4.93. The lowest BCUT2D eigenvalue weighted by molar-refractivity contribution is -0.136. The summed E-state index contributed by atoms with van der Waals surface area (Å²) in [5, 5.41) is 10.9. The van der Waals surface area contributed by atoms with Crippen LogP contribution in [0.25, 0.3) is 0 Å². The van der Waals surface area contributed by atoms with Crippen LogP contribution in [-0.4, -0.2) is 17.0 Å². The number of allylic oxidation sites excluding steroid dienone is 1. The minimum absolute atomic E-state index is 0.0672. The highest BCUT2D eigenvalue weighted by molar-refractivity contribution is 5.94. The smallest absolute Gasteiger partial charge is 0.303 e. The normalized spacial score (nSPS) is 10.2. The average Bonchev–Trinajstić information content (AvgIpc) is 2.29. The Bertz CT molecular complexity index is 385. The van der Waals surface area contributed by atoms with Gasteiger partial charge in [-0.05, 0) is 18.6 Å². The number of benzene rings is 1. The molecule has 0 saturated carbocycles. The molecule has 0 spiro atoms. The SMILES string of the molecule is O=C(O)CCC=CNC(=O)c1ccccc1. The lowest BCUT2D eigenvalue weighted by Crippen LogP contribution is -2.16. The van der Waals surface area contributed by atoms with Crippen molar-refractivity contribution in [3.63, 3.8) is 0 Å². The standard InChI is InChI=1S/C12H13NO3/c14-11(15)8-4-5-9-13-12(16)10-6-2-1-3-7-10/h1-3,5-7,9H,4,8H2,(H,13,16)(H,14,15). The van der Waals surface area contributed by atoms with Crippen molar-refractivity contribution >= 4 is 11.9 Å². The lowest BCUT2D eigenvalue weighted by Gasteiger charge is -1.98. The number of amides is 1. The van der Waals surface area contributed by atoms with E-state index in [0.29, 0.717) is 12.0 Å². The van der Waals surface area contributed by atoms with Gasteiger partial charge in [0, 0.05) is 18.2 Å². The van der Waals surface area contributed by atoms with Gasteiger partial charge in [0.15, 0.2) is 0 Å². The molecule has 4 heteroatoms. The molecule has 0 aromatic heterocycles. The number of nitrogens with one attached hydrogen (secondary N) is 1. The van der Waals surface area contributed by atoms with Gasteiger partial charge in [0.2, 0.25) is 0 Å². The van der Waals surface area contributed by atoms with E-state index in [2.05, 4.69) is 5.32 Å². The van der Waals surface area contributed by atoms with Crippen LogP contribution in [0.5, 0.6) is 0 Å². The maximum Gasteiger partial charge on any atom is 0.303 e. The second-order valence-electron chi connectivity index (χ2n) is 3.17. The highest BCUT2D eigenvalue weighted by Crippen LogP contribution is 1.97. The van der Waals surface area contributed by atoms with E-state index < -0.39 is 5.97 Å². The Morgan fingerprint density at radius 2 is 1.94 bits per heavy atom. The summed E-state index contributed by atoms with van der Waals surface area (Å²) in [5.41, 5.74) is 0.574. The molecule has 0 aliphatic carbocycles. The molecule has 0 aliphatic heterocycles. The van der Waals surface area contributed by atoms with Gasteiger partial charge in [-0.15, -0.1) is 0 Å². The molecule has 0 fully saturated rings. The summed E-state index contributed by atoms with van der Waals surface area (Å²) in [6.07, 6.45) is 3.56. The number of carboxylic acid groups (broad SMARTS) is 1. The Balaban J connectivity index is 2.33. The minimum atomic E-state index is -0.848. The van der Waals surface area contributed by atoms with Crippen LogP contribution in [0.2, 0.25) is 0 Å². The van der Waals surface area contributed by atoms with Crippen molar-refractivity contribution in [2.24, 2.45) is 0 Å². The molecule has 4 nitrogen and oxygen atoms in total. The van der Waals surface area contributed by atoms with E-state index in [9.17, 15) is 9.59 Å². The number of hydrogen-bond donors (Lipinski definition) is 2. The van der Waals surface area contributed by atoms with Crippen molar-refractivity contribution in [3.8, 4) is 0 Å². The highest BCUT2D eigenvalue weighted by Gasteiger charge is 2.00. The molecule has 2 N–H and O–H groups in total. The van der Waals surface area contributed by atoms with E-state index in [-0.39, 0.29) is 12.3 Å². The Morgan fingerprint density at radius 1 is 1.25 bits per heavy atom. The zero-order chi connectivity index (χ0) is 11.8. The van der Waals surface area contributed by atoms with E-state index in [1.54, 1.807) is 30.3 Å². The summed E-state index contributed by atoms with van der Waals surface area (Å²) in [4.78, 5) is 21.7. The molecular weight excluding hydrogens is 206 g/mol. The van der Waals surface area contributed by atoms with E-state index in [1.165, 1.54) is 6.20 Å². The van der Waals surface area contributed by atoms with Crippen molar-refractivity contribution in [3.05, 3.63) is 48.2 Å². The highest BCUT2D eigenvalue weighted by atomic mass is 16.4. The fourth-order valence-corrected chi connectivity index (χ4v) is 1.10. The first-order chi connectivity index (χ1) is 7.70. The van der Waals surface area contributed by atoms with Crippen LogP contribution in [0, 0.1) is 0 Å². The summed E-state index contributed by atoms with van der Waals surface area (Å²) in [5.74, 6) is -1.05. The van der Waals surface area contributed by atoms with Crippen molar-refractivity contribution in [1.82, 2.24) is 5.32 Å². The average molecular weight is 219 g/mol. The Labute approximate surface area is 93.6 Å². The summed E-state index contributed by atoms with van der Waals surface area (Å²) in [6.45, 7) is 0. The van der Waals surface area contributed by atoms with Gasteiger partial charge < -0.3 is 10.4 Å².